The van der Waals surface area contributed by atoms with E-state index in [1.165, 1.54) is 0 Å². The van der Waals surface area contributed by atoms with E-state index in [1.807, 2.05) is 42.8 Å². The van der Waals surface area contributed by atoms with Crippen molar-refractivity contribution >= 4 is 11.8 Å². The Morgan fingerprint density at radius 2 is 2.00 bits per heavy atom. The first-order chi connectivity index (χ1) is 14.5. The molecule has 162 valence electrons. The Kier molecular flexibility index (Phi) is 7.88. The summed E-state index contributed by atoms with van der Waals surface area (Å²) < 4.78 is 7.68. The molecule has 1 heterocycles. The van der Waals surface area contributed by atoms with Gasteiger partial charge in [-0.2, -0.15) is 0 Å². The predicted octanol–water partition coefficient (Wildman–Crippen LogP) is 2.76. The van der Waals surface area contributed by atoms with E-state index in [2.05, 4.69) is 15.6 Å². The predicted molar refractivity (Wildman–Crippen MR) is 115 cm³/mol. The Balaban J connectivity index is 1.31. The SMILES string of the molecule is Cc1cccc(OCC(=O)NC2CCC(C(=O)NCCCn3ccnc3)CC2)c1C. The van der Waals surface area contributed by atoms with Gasteiger partial charge in [-0.25, -0.2) is 4.98 Å². The molecule has 2 aromatic rings. The molecule has 0 spiro atoms. The van der Waals surface area contributed by atoms with Gasteiger partial charge in [0.05, 0.1) is 6.33 Å². The molecule has 0 radical (unpaired) electrons. The second-order valence-electron chi connectivity index (χ2n) is 8.05. The van der Waals surface area contributed by atoms with Crippen molar-refractivity contribution in [2.24, 2.45) is 5.92 Å². The van der Waals surface area contributed by atoms with E-state index in [1.54, 1.807) is 12.5 Å². The lowest BCUT2D eigenvalue weighted by Crippen LogP contribution is -2.42. The molecule has 7 nitrogen and oxygen atoms in total. The second kappa shape index (κ2) is 10.8. The zero-order valence-corrected chi connectivity index (χ0v) is 17.9. The lowest BCUT2D eigenvalue weighted by atomic mass is 9.85. The van der Waals surface area contributed by atoms with Gasteiger partial charge in [0, 0.05) is 37.4 Å². The van der Waals surface area contributed by atoms with E-state index in [0.717, 1.165) is 55.5 Å². The molecule has 30 heavy (non-hydrogen) atoms. The number of nitrogens with zero attached hydrogens (tertiary/aromatic N) is 2. The summed E-state index contributed by atoms with van der Waals surface area (Å²) in [6, 6.07) is 5.95. The summed E-state index contributed by atoms with van der Waals surface area (Å²) in [5.74, 6) is 0.808. The highest BCUT2D eigenvalue weighted by Crippen LogP contribution is 2.25. The van der Waals surface area contributed by atoms with Crippen molar-refractivity contribution in [2.75, 3.05) is 13.2 Å². The highest BCUT2D eigenvalue weighted by molar-refractivity contribution is 5.79. The molecule has 7 heteroatoms. The number of carbonyl (C=O) groups excluding carboxylic acids is 2. The van der Waals surface area contributed by atoms with Crippen LogP contribution in [0.5, 0.6) is 5.75 Å². The number of rotatable bonds is 9. The second-order valence-corrected chi connectivity index (χ2v) is 8.05. The molecule has 0 unspecified atom stereocenters. The maximum Gasteiger partial charge on any atom is 0.258 e. The molecule has 0 saturated heterocycles. The Bertz CT molecular complexity index is 827. The Hall–Kier alpha value is -2.83. The molecule has 0 atom stereocenters. The van der Waals surface area contributed by atoms with Crippen molar-refractivity contribution in [2.45, 2.75) is 58.5 Å². The molecule has 1 aromatic carbocycles. The van der Waals surface area contributed by atoms with Crippen molar-refractivity contribution in [3.63, 3.8) is 0 Å². The van der Waals surface area contributed by atoms with Crippen molar-refractivity contribution in [3.05, 3.63) is 48.0 Å². The van der Waals surface area contributed by atoms with Crippen LogP contribution in [0.15, 0.2) is 36.9 Å². The quantitative estimate of drug-likeness (QED) is 0.620. The molecule has 1 aliphatic carbocycles. The number of amides is 2. The number of hydrogen-bond donors (Lipinski definition) is 2. The highest BCUT2D eigenvalue weighted by Gasteiger charge is 2.27. The molecule has 2 N–H and O–H groups in total. The number of hydrogen-bond acceptors (Lipinski definition) is 4. The van der Waals surface area contributed by atoms with Crippen LogP contribution in [0.2, 0.25) is 0 Å². The topological polar surface area (TPSA) is 85.2 Å². The smallest absolute Gasteiger partial charge is 0.258 e. The normalized spacial score (nSPS) is 18.6. The van der Waals surface area contributed by atoms with Crippen LogP contribution < -0.4 is 15.4 Å². The Labute approximate surface area is 178 Å². The number of aryl methyl sites for hydroxylation is 2. The molecular weight excluding hydrogens is 380 g/mol. The first-order valence-electron chi connectivity index (χ1n) is 10.7. The zero-order chi connectivity index (χ0) is 21.3. The van der Waals surface area contributed by atoms with Gasteiger partial charge in [-0.15, -0.1) is 0 Å². The van der Waals surface area contributed by atoms with E-state index >= 15 is 0 Å². The average Bonchev–Trinajstić information content (AvgIpc) is 3.26. The standard InChI is InChI=1S/C23H32N4O3/c1-17-5-3-6-21(18(17)2)30-15-22(28)26-20-9-7-19(8-10-20)23(29)25-11-4-13-27-14-12-24-16-27/h3,5-6,12,14,16,19-20H,4,7-11,13,15H2,1-2H3,(H,25,29)(H,26,28). The Morgan fingerprint density at radius 3 is 2.73 bits per heavy atom. The third-order valence-corrected chi connectivity index (χ3v) is 5.83. The molecule has 1 saturated carbocycles. The maximum atomic E-state index is 12.4. The van der Waals surface area contributed by atoms with Crippen LogP contribution in [0.25, 0.3) is 0 Å². The van der Waals surface area contributed by atoms with Crippen molar-refractivity contribution in [1.82, 2.24) is 20.2 Å². The van der Waals surface area contributed by atoms with Crippen LogP contribution >= 0.6 is 0 Å². The first kappa shape index (κ1) is 21.9. The van der Waals surface area contributed by atoms with E-state index in [9.17, 15) is 9.59 Å². The Morgan fingerprint density at radius 1 is 1.20 bits per heavy atom. The summed E-state index contributed by atoms with van der Waals surface area (Å²) in [7, 11) is 0. The van der Waals surface area contributed by atoms with Gasteiger partial charge in [-0.1, -0.05) is 12.1 Å². The zero-order valence-electron chi connectivity index (χ0n) is 17.9. The summed E-state index contributed by atoms with van der Waals surface area (Å²) in [4.78, 5) is 28.6. The fourth-order valence-electron chi connectivity index (χ4n) is 3.83. The van der Waals surface area contributed by atoms with Gasteiger partial charge in [-0.05, 0) is 63.1 Å². The molecule has 1 aromatic heterocycles. The van der Waals surface area contributed by atoms with Gasteiger partial charge in [0.1, 0.15) is 5.75 Å². The van der Waals surface area contributed by atoms with Crippen LogP contribution in [0.4, 0.5) is 0 Å². The third kappa shape index (κ3) is 6.34. The van der Waals surface area contributed by atoms with Gasteiger partial charge in [0.15, 0.2) is 6.61 Å². The minimum Gasteiger partial charge on any atom is -0.483 e. The molecular formula is C23H32N4O3. The lowest BCUT2D eigenvalue weighted by molar-refractivity contribution is -0.126. The van der Waals surface area contributed by atoms with Gasteiger partial charge < -0.3 is 19.9 Å². The molecule has 0 aliphatic heterocycles. The fraction of sp³-hybridized carbons (Fsp3) is 0.522. The van der Waals surface area contributed by atoms with Gasteiger partial charge >= 0.3 is 0 Å². The van der Waals surface area contributed by atoms with Crippen molar-refractivity contribution in [3.8, 4) is 5.75 Å². The maximum absolute atomic E-state index is 12.4. The van der Waals surface area contributed by atoms with Crippen LogP contribution in [-0.4, -0.2) is 40.6 Å². The van der Waals surface area contributed by atoms with Crippen molar-refractivity contribution in [1.29, 1.82) is 0 Å². The van der Waals surface area contributed by atoms with Crippen LogP contribution in [0, 0.1) is 19.8 Å². The minimum absolute atomic E-state index is 0.0155. The van der Waals surface area contributed by atoms with Gasteiger partial charge in [0.25, 0.3) is 5.91 Å². The monoisotopic (exact) mass is 412 g/mol. The van der Waals surface area contributed by atoms with Crippen LogP contribution in [0.1, 0.15) is 43.2 Å². The fourth-order valence-corrected chi connectivity index (χ4v) is 3.83. The van der Waals surface area contributed by atoms with E-state index in [4.69, 9.17) is 4.74 Å². The first-order valence-corrected chi connectivity index (χ1v) is 10.7. The highest BCUT2D eigenvalue weighted by atomic mass is 16.5. The van der Waals surface area contributed by atoms with E-state index in [-0.39, 0.29) is 30.4 Å². The number of benzene rings is 1. The lowest BCUT2D eigenvalue weighted by Gasteiger charge is -2.28. The molecule has 3 rings (SSSR count). The number of carbonyl (C=O) groups is 2. The third-order valence-electron chi connectivity index (χ3n) is 5.83. The van der Waals surface area contributed by atoms with Crippen LogP contribution in [0.3, 0.4) is 0 Å². The molecule has 1 aliphatic rings. The number of nitrogens with one attached hydrogen (secondary N) is 2. The summed E-state index contributed by atoms with van der Waals surface area (Å²) >= 11 is 0. The number of ether oxygens (including phenoxy) is 1. The summed E-state index contributed by atoms with van der Waals surface area (Å²) in [6.45, 7) is 5.55. The number of aromatic nitrogens is 2. The van der Waals surface area contributed by atoms with Gasteiger partial charge in [0.2, 0.25) is 5.91 Å². The average molecular weight is 413 g/mol. The summed E-state index contributed by atoms with van der Waals surface area (Å²) in [5.41, 5.74) is 2.20. The summed E-state index contributed by atoms with van der Waals surface area (Å²) in [5, 5.41) is 6.08. The molecule has 1 fully saturated rings. The van der Waals surface area contributed by atoms with E-state index < -0.39 is 0 Å². The number of imidazole rings is 1. The molecule has 0 bridgehead atoms. The minimum atomic E-state index is -0.108. The largest absolute Gasteiger partial charge is 0.483 e. The summed E-state index contributed by atoms with van der Waals surface area (Å²) in [6.07, 6.45) is 9.59. The van der Waals surface area contributed by atoms with Gasteiger partial charge in [-0.3, -0.25) is 9.59 Å². The van der Waals surface area contributed by atoms with Crippen LogP contribution in [-0.2, 0) is 16.1 Å². The molecule has 2 amide bonds. The van der Waals surface area contributed by atoms with Crippen molar-refractivity contribution < 1.29 is 14.3 Å². The van der Waals surface area contributed by atoms with E-state index in [0.29, 0.717) is 6.54 Å².